The van der Waals surface area contributed by atoms with E-state index in [9.17, 15) is 27.2 Å². The van der Waals surface area contributed by atoms with Gasteiger partial charge in [0.1, 0.15) is 17.1 Å². The topological polar surface area (TPSA) is 84.7 Å². The molecule has 4 rings (SSSR count). The standard InChI is InChI=1S/C25H21BrF5N3O4/c1-34-10-8-14(9-11-34)23(35)33-24(36)19-16(27)6-7-17(20(19)28)37-12-18-32-21(22(26)38-18)13-2-4-15(5-3-13)25(29,30)31/h2-7,14H,8-12H2,1H3,(H,33,35,36). The molecular weight excluding hydrogens is 581 g/mol. The summed E-state index contributed by atoms with van der Waals surface area (Å²) in [5.41, 5.74) is -1.29. The predicted octanol–water partition coefficient (Wildman–Crippen LogP) is 5.58. The molecule has 1 aliphatic heterocycles. The van der Waals surface area contributed by atoms with Crippen LogP contribution in [-0.4, -0.2) is 41.8 Å². The Kier molecular flexibility index (Phi) is 8.16. The summed E-state index contributed by atoms with van der Waals surface area (Å²) >= 11 is 3.13. The van der Waals surface area contributed by atoms with E-state index < -0.39 is 59.0 Å². The monoisotopic (exact) mass is 601 g/mol. The number of rotatable bonds is 6. The van der Waals surface area contributed by atoms with E-state index in [0.717, 1.165) is 24.3 Å². The van der Waals surface area contributed by atoms with Crippen molar-refractivity contribution >= 4 is 27.7 Å². The van der Waals surface area contributed by atoms with Crippen molar-refractivity contribution in [3.63, 3.8) is 0 Å². The van der Waals surface area contributed by atoms with Crippen LogP contribution < -0.4 is 10.1 Å². The number of ether oxygens (including phenoxy) is 1. The number of carbonyl (C=O) groups is 2. The molecule has 7 nitrogen and oxygen atoms in total. The Hall–Kier alpha value is -3.32. The highest BCUT2D eigenvalue weighted by atomic mass is 79.9. The third-order valence-corrected chi connectivity index (χ3v) is 6.61. The molecule has 202 valence electrons. The first-order valence-corrected chi connectivity index (χ1v) is 12.2. The summed E-state index contributed by atoms with van der Waals surface area (Å²) in [6, 6.07) is 6.01. The van der Waals surface area contributed by atoms with Crippen LogP contribution in [0.5, 0.6) is 5.75 Å². The summed E-state index contributed by atoms with van der Waals surface area (Å²) < 4.78 is 78.6. The number of aromatic nitrogens is 1. The molecule has 2 aromatic carbocycles. The molecule has 1 aliphatic rings. The number of nitrogens with one attached hydrogen (secondary N) is 1. The summed E-state index contributed by atoms with van der Waals surface area (Å²) in [7, 11) is 1.90. The van der Waals surface area contributed by atoms with E-state index in [0.29, 0.717) is 31.5 Å². The second-order valence-electron chi connectivity index (χ2n) is 8.72. The molecule has 1 aromatic heterocycles. The smallest absolute Gasteiger partial charge is 0.416 e. The number of oxazole rings is 1. The predicted molar refractivity (Wildman–Crippen MR) is 128 cm³/mol. The van der Waals surface area contributed by atoms with Crippen molar-refractivity contribution in [2.24, 2.45) is 5.92 Å². The fourth-order valence-corrected chi connectivity index (χ4v) is 4.44. The zero-order valence-electron chi connectivity index (χ0n) is 19.9. The number of carbonyl (C=O) groups excluding carboxylic acids is 2. The molecule has 2 heterocycles. The molecule has 1 N–H and O–H groups in total. The summed E-state index contributed by atoms with van der Waals surface area (Å²) in [5, 5.41) is 2.07. The van der Waals surface area contributed by atoms with E-state index in [1.54, 1.807) is 0 Å². The first-order chi connectivity index (χ1) is 17.9. The molecular formula is C25H21BrF5N3O4. The Morgan fingerprint density at radius 2 is 1.79 bits per heavy atom. The van der Waals surface area contributed by atoms with Crippen molar-refractivity contribution < 1.29 is 40.7 Å². The summed E-state index contributed by atoms with van der Waals surface area (Å²) in [4.78, 5) is 31.1. The minimum atomic E-state index is -4.49. The molecule has 0 radical (unpaired) electrons. The number of benzene rings is 2. The van der Waals surface area contributed by atoms with Crippen LogP contribution in [0.25, 0.3) is 11.3 Å². The second kappa shape index (κ2) is 11.2. The van der Waals surface area contributed by atoms with E-state index in [-0.39, 0.29) is 16.3 Å². The Labute approximate surface area is 222 Å². The fraction of sp³-hybridized carbons (Fsp3) is 0.320. The lowest BCUT2D eigenvalue weighted by Crippen LogP contribution is -2.41. The van der Waals surface area contributed by atoms with Crippen LogP contribution >= 0.6 is 15.9 Å². The van der Waals surface area contributed by atoms with Gasteiger partial charge in [-0.05, 0) is 73.2 Å². The molecule has 0 spiro atoms. The number of nitrogens with zero attached hydrogens (tertiary/aromatic N) is 2. The number of hydrogen-bond donors (Lipinski definition) is 1. The number of hydrogen-bond acceptors (Lipinski definition) is 6. The van der Waals surface area contributed by atoms with Gasteiger partial charge in [-0.2, -0.15) is 13.2 Å². The molecule has 3 aromatic rings. The third-order valence-electron chi connectivity index (χ3n) is 6.08. The van der Waals surface area contributed by atoms with Gasteiger partial charge in [0.25, 0.3) is 5.91 Å². The lowest BCUT2D eigenvalue weighted by Gasteiger charge is -2.27. The van der Waals surface area contributed by atoms with Gasteiger partial charge in [-0.25, -0.2) is 13.8 Å². The minimum Gasteiger partial charge on any atom is -0.481 e. The Bertz CT molecular complexity index is 1340. The van der Waals surface area contributed by atoms with Crippen molar-refractivity contribution in [3.05, 3.63) is 69.7 Å². The molecule has 38 heavy (non-hydrogen) atoms. The van der Waals surface area contributed by atoms with E-state index in [1.807, 2.05) is 11.9 Å². The fourth-order valence-electron chi connectivity index (χ4n) is 3.94. The van der Waals surface area contributed by atoms with Crippen molar-refractivity contribution in [1.29, 1.82) is 0 Å². The zero-order chi connectivity index (χ0) is 27.6. The number of halogens is 6. The maximum Gasteiger partial charge on any atom is 0.416 e. The Morgan fingerprint density at radius 1 is 1.13 bits per heavy atom. The molecule has 0 unspecified atom stereocenters. The van der Waals surface area contributed by atoms with Crippen LogP contribution in [0.2, 0.25) is 0 Å². The van der Waals surface area contributed by atoms with Gasteiger partial charge in [-0.3, -0.25) is 14.9 Å². The van der Waals surface area contributed by atoms with E-state index >= 15 is 4.39 Å². The normalized spacial score (nSPS) is 14.9. The summed E-state index contributed by atoms with van der Waals surface area (Å²) in [5.74, 6) is -5.32. The largest absolute Gasteiger partial charge is 0.481 e. The Morgan fingerprint density at radius 3 is 2.42 bits per heavy atom. The van der Waals surface area contributed by atoms with Gasteiger partial charge in [-0.1, -0.05) is 12.1 Å². The van der Waals surface area contributed by atoms with E-state index in [1.165, 1.54) is 12.1 Å². The van der Waals surface area contributed by atoms with Gasteiger partial charge in [0.05, 0.1) is 5.56 Å². The van der Waals surface area contributed by atoms with Crippen molar-refractivity contribution in [1.82, 2.24) is 15.2 Å². The molecule has 0 aliphatic carbocycles. The van der Waals surface area contributed by atoms with Gasteiger partial charge in [0.15, 0.2) is 22.8 Å². The van der Waals surface area contributed by atoms with Crippen LogP contribution in [0.1, 0.15) is 34.7 Å². The number of amides is 2. The van der Waals surface area contributed by atoms with Crippen molar-refractivity contribution in [2.75, 3.05) is 20.1 Å². The van der Waals surface area contributed by atoms with Crippen LogP contribution in [0, 0.1) is 17.6 Å². The summed E-state index contributed by atoms with van der Waals surface area (Å²) in [6.07, 6.45) is -3.46. The summed E-state index contributed by atoms with van der Waals surface area (Å²) in [6.45, 7) is 0.878. The molecule has 0 saturated carbocycles. The zero-order valence-corrected chi connectivity index (χ0v) is 21.5. The SMILES string of the molecule is CN1CCC(C(=O)NC(=O)c2c(F)ccc(OCc3nc(-c4ccc(C(F)(F)F)cc4)c(Br)o3)c2F)CC1. The molecule has 13 heteroatoms. The molecule has 1 fully saturated rings. The maximum absolute atomic E-state index is 15.0. The van der Waals surface area contributed by atoms with Crippen LogP contribution in [-0.2, 0) is 17.6 Å². The lowest BCUT2D eigenvalue weighted by molar-refractivity contribution is -0.137. The molecule has 0 bridgehead atoms. The third kappa shape index (κ3) is 6.21. The average Bonchev–Trinajstić information content (AvgIpc) is 3.23. The first kappa shape index (κ1) is 27.7. The first-order valence-electron chi connectivity index (χ1n) is 11.4. The van der Waals surface area contributed by atoms with Gasteiger partial charge < -0.3 is 14.1 Å². The lowest BCUT2D eigenvalue weighted by atomic mass is 9.96. The van der Waals surface area contributed by atoms with Gasteiger partial charge in [0, 0.05) is 11.5 Å². The quantitative estimate of drug-likeness (QED) is 0.293. The number of imide groups is 1. The molecule has 0 atom stereocenters. The highest BCUT2D eigenvalue weighted by Gasteiger charge is 2.31. The van der Waals surface area contributed by atoms with Crippen LogP contribution in [0.3, 0.4) is 0 Å². The molecule has 2 amide bonds. The number of piperidine rings is 1. The Balaban J connectivity index is 1.45. The highest BCUT2D eigenvalue weighted by molar-refractivity contribution is 9.10. The number of alkyl halides is 3. The van der Waals surface area contributed by atoms with Gasteiger partial charge in [-0.15, -0.1) is 0 Å². The second-order valence-corrected chi connectivity index (χ2v) is 9.44. The van der Waals surface area contributed by atoms with Gasteiger partial charge >= 0.3 is 6.18 Å². The van der Waals surface area contributed by atoms with Crippen LogP contribution in [0.4, 0.5) is 22.0 Å². The van der Waals surface area contributed by atoms with Crippen LogP contribution in [0.15, 0.2) is 45.5 Å². The van der Waals surface area contributed by atoms with Crippen molar-refractivity contribution in [2.45, 2.75) is 25.6 Å². The highest BCUT2D eigenvalue weighted by Crippen LogP contribution is 2.34. The number of likely N-dealkylation sites (tertiary alicyclic amines) is 1. The molecule has 1 saturated heterocycles. The van der Waals surface area contributed by atoms with Gasteiger partial charge in [0.2, 0.25) is 11.8 Å². The average molecular weight is 602 g/mol. The van der Waals surface area contributed by atoms with E-state index in [2.05, 4.69) is 26.2 Å². The van der Waals surface area contributed by atoms with Crippen molar-refractivity contribution in [3.8, 4) is 17.0 Å². The van der Waals surface area contributed by atoms with E-state index in [4.69, 9.17) is 9.15 Å². The minimum absolute atomic E-state index is 0.0704. The maximum atomic E-state index is 15.0.